The largest absolute Gasteiger partial charge is 0.360 e. The van der Waals surface area contributed by atoms with Crippen LogP contribution in [-0.4, -0.2) is 41.9 Å². The maximum absolute atomic E-state index is 12.8. The van der Waals surface area contributed by atoms with E-state index >= 15 is 0 Å². The van der Waals surface area contributed by atoms with Gasteiger partial charge >= 0.3 is 0 Å². The number of anilines is 1. The maximum Gasteiger partial charge on any atom is 0.248 e. The molecule has 0 atom stereocenters. The second kappa shape index (κ2) is 7.34. The Morgan fingerprint density at radius 2 is 2.04 bits per heavy atom. The fraction of sp³-hybridized carbons (Fsp3) is 0.438. The molecule has 1 saturated heterocycles. The number of pyridine rings is 1. The van der Waals surface area contributed by atoms with Crippen LogP contribution in [0, 0.1) is 19.8 Å². The van der Waals surface area contributed by atoms with Crippen molar-refractivity contribution >= 4 is 33.2 Å². The normalized spacial score (nSPS) is 16.6. The van der Waals surface area contributed by atoms with Crippen LogP contribution in [0.1, 0.15) is 24.3 Å². The zero-order valence-electron chi connectivity index (χ0n) is 14.4. The molecule has 0 bridgehead atoms. The Bertz CT molecular complexity index is 901. The second-order valence-corrected chi connectivity index (χ2v) is 8.40. The summed E-state index contributed by atoms with van der Waals surface area (Å²) >= 11 is 5.95. The summed E-state index contributed by atoms with van der Waals surface area (Å²) in [4.78, 5) is 16.5. The fourth-order valence-electron chi connectivity index (χ4n) is 3.04. The molecule has 0 aliphatic carbocycles. The number of carbonyl (C=O) groups excluding carboxylic acids is 1. The lowest BCUT2D eigenvalue weighted by Gasteiger charge is -2.30. The molecular formula is C16H19ClN4O4S. The SMILES string of the molecule is Cc1noc(C)c1S(=O)(=O)N1CCC(C(=O)Nc2cccnc2Cl)CC1. The number of amides is 1. The Hall–Kier alpha value is -1.97. The number of hydrogen-bond acceptors (Lipinski definition) is 6. The molecule has 2 aromatic rings. The van der Waals surface area contributed by atoms with E-state index < -0.39 is 10.0 Å². The number of rotatable bonds is 4. The smallest absolute Gasteiger partial charge is 0.248 e. The molecule has 2 aromatic heterocycles. The molecule has 8 nitrogen and oxygen atoms in total. The standard InChI is InChI=1S/C16H19ClN4O4S/c1-10-14(11(2)25-20-10)26(23,24)21-8-5-12(6-9-21)16(22)19-13-4-3-7-18-15(13)17/h3-4,7,12H,5-6,8-9H2,1-2H3,(H,19,22). The molecule has 1 aliphatic heterocycles. The van der Waals surface area contributed by atoms with Gasteiger partial charge in [-0.15, -0.1) is 0 Å². The molecule has 1 amide bonds. The molecule has 0 unspecified atom stereocenters. The van der Waals surface area contributed by atoms with Crippen molar-refractivity contribution in [2.24, 2.45) is 5.92 Å². The second-order valence-electron chi connectivity index (χ2n) is 6.16. The summed E-state index contributed by atoms with van der Waals surface area (Å²) in [6.45, 7) is 3.68. The van der Waals surface area contributed by atoms with E-state index in [1.165, 1.54) is 10.5 Å². The third kappa shape index (κ3) is 3.60. The highest BCUT2D eigenvalue weighted by Gasteiger charge is 2.35. The topological polar surface area (TPSA) is 105 Å². The summed E-state index contributed by atoms with van der Waals surface area (Å²) in [7, 11) is -3.68. The van der Waals surface area contributed by atoms with Crippen molar-refractivity contribution in [3.63, 3.8) is 0 Å². The third-order valence-electron chi connectivity index (χ3n) is 4.41. The molecular weight excluding hydrogens is 380 g/mol. The van der Waals surface area contributed by atoms with E-state index in [1.807, 2.05) is 0 Å². The molecule has 0 radical (unpaired) electrons. The van der Waals surface area contributed by atoms with Gasteiger partial charge in [-0.05, 0) is 38.8 Å². The maximum atomic E-state index is 12.8. The lowest BCUT2D eigenvalue weighted by atomic mass is 9.97. The van der Waals surface area contributed by atoms with E-state index in [1.54, 1.807) is 26.0 Å². The lowest BCUT2D eigenvalue weighted by molar-refractivity contribution is -0.120. The zero-order valence-corrected chi connectivity index (χ0v) is 16.0. The van der Waals surface area contributed by atoms with Crippen molar-refractivity contribution in [3.8, 4) is 0 Å². The van der Waals surface area contributed by atoms with Gasteiger partial charge in [-0.1, -0.05) is 16.8 Å². The molecule has 1 N–H and O–H groups in total. The van der Waals surface area contributed by atoms with Gasteiger partial charge in [-0.2, -0.15) is 4.31 Å². The van der Waals surface area contributed by atoms with Crippen LogP contribution in [-0.2, 0) is 14.8 Å². The van der Waals surface area contributed by atoms with Gasteiger partial charge in [-0.25, -0.2) is 13.4 Å². The summed E-state index contributed by atoms with van der Waals surface area (Å²) in [6, 6.07) is 3.35. The monoisotopic (exact) mass is 398 g/mol. The molecule has 26 heavy (non-hydrogen) atoms. The predicted octanol–water partition coefficient (Wildman–Crippen LogP) is 2.38. The minimum absolute atomic E-state index is 0.113. The van der Waals surface area contributed by atoms with Crippen LogP contribution in [0.5, 0.6) is 0 Å². The summed E-state index contributed by atoms with van der Waals surface area (Å²) in [5.74, 6) is -0.203. The van der Waals surface area contributed by atoms with Crippen molar-refractivity contribution in [3.05, 3.63) is 34.9 Å². The van der Waals surface area contributed by atoms with Crippen LogP contribution in [0.3, 0.4) is 0 Å². The van der Waals surface area contributed by atoms with Gasteiger partial charge in [0.1, 0.15) is 10.6 Å². The molecule has 10 heteroatoms. The average Bonchev–Trinajstić information content (AvgIpc) is 2.96. The number of hydrogen-bond donors (Lipinski definition) is 1. The van der Waals surface area contributed by atoms with E-state index in [4.69, 9.17) is 16.1 Å². The van der Waals surface area contributed by atoms with Gasteiger partial charge in [-0.3, -0.25) is 4.79 Å². The van der Waals surface area contributed by atoms with E-state index in [9.17, 15) is 13.2 Å². The Morgan fingerprint density at radius 3 is 2.62 bits per heavy atom. The highest BCUT2D eigenvalue weighted by atomic mass is 35.5. The first-order valence-electron chi connectivity index (χ1n) is 8.15. The zero-order chi connectivity index (χ0) is 18.9. The van der Waals surface area contributed by atoms with Crippen LogP contribution in [0.25, 0.3) is 0 Å². The number of carbonyl (C=O) groups is 1. The molecule has 0 saturated carbocycles. The van der Waals surface area contributed by atoms with Crippen molar-refractivity contribution in [2.75, 3.05) is 18.4 Å². The summed E-state index contributed by atoms with van der Waals surface area (Å²) < 4.78 is 32.0. The highest BCUT2D eigenvalue weighted by molar-refractivity contribution is 7.89. The molecule has 0 aromatic carbocycles. The molecule has 0 spiro atoms. The minimum Gasteiger partial charge on any atom is -0.360 e. The predicted molar refractivity (Wildman–Crippen MR) is 95.3 cm³/mol. The Kier molecular flexibility index (Phi) is 5.31. The third-order valence-corrected chi connectivity index (χ3v) is 6.85. The first kappa shape index (κ1) is 18.8. The Balaban J connectivity index is 1.66. The Labute approximate surface area is 156 Å². The van der Waals surface area contributed by atoms with E-state index in [-0.39, 0.29) is 40.7 Å². The molecule has 3 rings (SSSR count). The number of aryl methyl sites for hydroxylation is 2. The number of piperidine rings is 1. The van der Waals surface area contributed by atoms with Crippen molar-refractivity contribution < 1.29 is 17.7 Å². The number of halogens is 1. The summed E-state index contributed by atoms with van der Waals surface area (Å²) in [6.07, 6.45) is 2.38. The van der Waals surface area contributed by atoms with Crippen molar-refractivity contribution in [2.45, 2.75) is 31.6 Å². The number of nitrogens with one attached hydrogen (secondary N) is 1. The van der Waals surface area contributed by atoms with Gasteiger partial charge in [0.25, 0.3) is 0 Å². The summed E-state index contributed by atoms with van der Waals surface area (Å²) in [5, 5.41) is 6.69. The van der Waals surface area contributed by atoms with E-state index in [2.05, 4.69) is 15.5 Å². The van der Waals surface area contributed by atoms with Crippen LogP contribution in [0.15, 0.2) is 27.7 Å². The fourth-order valence-corrected chi connectivity index (χ4v) is 4.97. The number of sulfonamides is 1. The number of aromatic nitrogens is 2. The van der Waals surface area contributed by atoms with Gasteiger partial charge in [0.05, 0.1) is 5.69 Å². The van der Waals surface area contributed by atoms with Crippen LogP contribution >= 0.6 is 11.6 Å². The molecule has 140 valence electrons. The first-order valence-corrected chi connectivity index (χ1v) is 9.97. The molecule has 1 aliphatic rings. The van der Waals surface area contributed by atoms with Gasteiger partial charge in [0, 0.05) is 25.2 Å². The highest BCUT2D eigenvalue weighted by Crippen LogP contribution is 2.28. The summed E-state index contributed by atoms with van der Waals surface area (Å²) in [5.41, 5.74) is 0.790. The van der Waals surface area contributed by atoms with Crippen LogP contribution in [0.2, 0.25) is 5.15 Å². The minimum atomic E-state index is -3.68. The quantitative estimate of drug-likeness (QED) is 0.792. The van der Waals surface area contributed by atoms with Crippen molar-refractivity contribution in [1.29, 1.82) is 0 Å². The van der Waals surface area contributed by atoms with Crippen LogP contribution in [0.4, 0.5) is 5.69 Å². The van der Waals surface area contributed by atoms with Crippen molar-refractivity contribution in [1.82, 2.24) is 14.4 Å². The van der Waals surface area contributed by atoms with Gasteiger partial charge in [0.15, 0.2) is 10.9 Å². The Morgan fingerprint density at radius 1 is 1.35 bits per heavy atom. The first-order chi connectivity index (χ1) is 12.3. The average molecular weight is 399 g/mol. The number of nitrogens with zero attached hydrogens (tertiary/aromatic N) is 3. The molecule has 1 fully saturated rings. The van der Waals surface area contributed by atoms with Gasteiger partial charge < -0.3 is 9.84 Å². The lowest BCUT2D eigenvalue weighted by Crippen LogP contribution is -2.41. The van der Waals surface area contributed by atoms with Gasteiger partial charge in [0.2, 0.25) is 15.9 Å². The van der Waals surface area contributed by atoms with Crippen LogP contribution < -0.4 is 5.32 Å². The van der Waals surface area contributed by atoms with E-state index in [0.717, 1.165) is 0 Å². The van der Waals surface area contributed by atoms with E-state index in [0.29, 0.717) is 24.2 Å². The molecule has 3 heterocycles.